The second-order valence-electron chi connectivity index (χ2n) is 4.85. The van der Waals surface area contributed by atoms with Gasteiger partial charge in [-0.05, 0) is 39.8 Å². The number of hydrogen-bond donors (Lipinski definition) is 0. The largest absolute Gasteiger partial charge is 0.469 e. The van der Waals surface area contributed by atoms with Crippen LogP contribution in [0.5, 0.6) is 0 Å². The van der Waals surface area contributed by atoms with Gasteiger partial charge < -0.3 is 8.92 Å². The molecule has 1 atom stereocenters. The Morgan fingerprint density at radius 2 is 1.83 bits per heavy atom. The first-order valence-electron chi connectivity index (χ1n) is 5.86. The Labute approximate surface area is 113 Å². The third-order valence-electron chi connectivity index (χ3n) is 3.04. The fraction of sp³-hybridized carbons (Fsp3) is 0.500. The van der Waals surface area contributed by atoms with Crippen molar-refractivity contribution in [1.82, 2.24) is 0 Å². The van der Waals surface area contributed by atoms with Crippen molar-refractivity contribution in [3.05, 3.63) is 29.8 Å². The van der Waals surface area contributed by atoms with E-state index >= 15 is 0 Å². The van der Waals surface area contributed by atoms with Crippen LogP contribution in [0.3, 0.4) is 0 Å². The fourth-order valence-electron chi connectivity index (χ4n) is 1.27. The highest BCUT2D eigenvalue weighted by atomic mass is 32.2. The molecule has 4 heteroatoms. The number of carbonyl (C=O) groups is 1. The van der Waals surface area contributed by atoms with Crippen molar-refractivity contribution in [3.8, 4) is 0 Å². The van der Waals surface area contributed by atoms with E-state index < -0.39 is 5.41 Å². The Morgan fingerprint density at radius 3 is 2.33 bits per heavy atom. The van der Waals surface area contributed by atoms with E-state index in [4.69, 9.17) is 8.92 Å². The lowest BCUT2D eigenvalue weighted by Crippen LogP contribution is -2.36. The predicted molar refractivity (Wildman–Crippen MR) is 73.4 cm³/mol. The zero-order valence-electron chi connectivity index (χ0n) is 11.5. The van der Waals surface area contributed by atoms with Gasteiger partial charge in [-0.2, -0.15) is 0 Å². The molecule has 0 amide bonds. The number of esters is 1. The summed E-state index contributed by atoms with van der Waals surface area (Å²) in [7, 11) is 1.39. The third kappa shape index (κ3) is 3.75. The molecule has 0 aliphatic heterocycles. The lowest BCUT2D eigenvalue weighted by molar-refractivity contribution is -0.155. The summed E-state index contributed by atoms with van der Waals surface area (Å²) in [5, 5.41) is 0. The van der Waals surface area contributed by atoms with E-state index in [1.54, 1.807) is 0 Å². The zero-order chi connectivity index (χ0) is 13.8. The molecule has 0 fully saturated rings. The summed E-state index contributed by atoms with van der Waals surface area (Å²) >= 11 is 1.28. The molecule has 0 saturated heterocycles. The number of benzene rings is 1. The van der Waals surface area contributed by atoms with Crippen LogP contribution in [0.4, 0.5) is 0 Å². The van der Waals surface area contributed by atoms with E-state index in [2.05, 4.69) is 0 Å². The standard InChI is InChI=1S/C14H20O3S/c1-10-6-8-12(9-7-10)18-17-11(2)14(3,4)13(15)16-5/h6-9,11H,1-5H3. The quantitative estimate of drug-likeness (QED) is 0.603. The van der Waals surface area contributed by atoms with Gasteiger partial charge in [0, 0.05) is 16.9 Å². The van der Waals surface area contributed by atoms with Crippen LogP contribution in [0.15, 0.2) is 29.2 Å². The fourth-order valence-corrected chi connectivity index (χ4v) is 2.01. The van der Waals surface area contributed by atoms with E-state index in [9.17, 15) is 4.79 Å². The number of carbonyl (C=O) groups excluding carboxylic acids is 1. The van der Waals surface area contributed by atoms with Gasteiger partial charge in [0.15, 0.2) is 0 Å². The molecule has 0 heterocycles. The molecule has 1 aromatic carbocycles. The maximum absolute atomic E-state index is 11.6. The molecule has 0 aromatic heterocycles. The molecule has 0 saturated carbocycles. The van der Waals surface area contributed by atoms with Crippen molar-refractivity contribution in [1.29, 1.82) is 0 Å². The minimum Gasteiger partial charge on any atom is -0.469 e. The molecule has 1 rings (SSSR count). The first-order valence-corrected chi connectivity index (χ1v) is 6.60. The summed E-state index contributed by atoms with van der Waals surface area (Å²) in [4.78, 5) is 12.6. The van der Waals surface area contributed by atoms with Gasteiger partial charge in [-0.25, -0.2) is 0 Å². The van der Waals surface area contributed by atoms with Gasteiger partial charge in [-0.1, -0.05) is 17.7 Å². The number of ether oxygens (including phenoxy) is 1. The van der Waals surface area contributed by atoms with Crippen LogP contribution >= 0.6 is 12.0 Å². The molecule has 0 aliphatic carbocycles. The molecule has 0 spiro atoms. The summed E-state index contributed by atoms with van der Waals surface area (Å²) in [5.74, 6) is -0.264. The summed E-state index contributed by atoms with van der Waals surface area (Å²) in [6.07, 6.45) is -0.240. The second-order valence-corrected chi connectivity index (χ2v) is 5.68. The molecule has 0 bridgehead atoms. The lowest BCUT2D eigenvalue weighted by Gasteiger charge is -2.27. The van der Waals surface area contributed by atoms with Gasteiger partial charge in [0.2, 0.25) is 0 Å². The Morgan fingerprint density at radius 1 is 1.28 bits per heavy atom. The molecule has 0 aliphatic rings. The minimum absolute atomic E-state index is 0.240. The van der Waals surface area contributed by atoms with Gasteiger partial charge in [-0.15, -0.1) is 0 Å². The highest BCUT2D eigenvalue weighted by Crippen LogP contribution is 2.30. The van der Waals surface area contributed by atoms with Crippen LogP contribution in [-0.2, 0) is 13.7 Å². The van der Waals surface area contributed by atoms with Crippen LogP contribution in [0.25, 0.3) is 0 Å². The monoisotopic (exact) mass is 268 g/mol. The molecule has 100 valence electrons. The van der Waals surface area contributed by atoms with E-state index in [-0.39, 0.29) is 12.1 Å². The number of methoxy groups -OCH3 is 1. The number of hydrogen-bond acceptors (Lipinski definition) is 4. The van der Waals surface area contributed by atoms with Gasteiger partial charge in [0.05, 0.1) is 18.6 Å². The van der Waals surface area contributed by atoms with Crippen LogP contribution in [0, 0.1) is 12.3 Å². The molecular formula is C14H20O3S. The molecular weight excluding hydrogens is 248 g/mol. The van der Waals surface area contributed by atoms with Crippen molar-refractivity contribution in [2.75, 3.05) is 7.11 Å². The molecule has 1 unspecified atom stereocenters. The Kier molecular flexibility index (Phi) is 5.23. The van der Waals surface area contributed by atoms with Crippen LogP contribution < -0.4 is 0 Å². The Bertz CT molecular complexity index is 398. The number of aryl methyl sites for hydroxylation is 1. The summed E-state index contributed by atoms with van der Waals surface area (Å²) in [6.45, 7) is 7.55. The van der Waals surface area contributed by atoms with Crippen molar-refractivity contribution in [2.45, 2.75) is 38.7 Å². The van der Waals surface area contributed by atoms with Gasteiger partial charge in [-0.3, -0.25) is 4.79 Å². The topological polar surface area (TPSA) is 35.5 Å². The predicted octanol–water partition coefficient (Wildman–Crippen LogP) is 3.61. The van der Waals surface area contributed by atoms with Crippen molar-refractivity contribution < 1.29 is 13.7 Å². The SMILES string of the molecule is COC(=O)C(C)(C)C(C)OSc1ccc(C)cc1. The van der Waals surface area contributed by atoms with E-state index in [1.165, 1.54) is 24.7 Å². The Hall–Kier alpha value is -1.00. The van der Waals surface area contributed by atoms with Gasteiger partial charge in [0.25, 0.3) is 0 Å². The van der Waals surface area contributed by atoms with Crippen molar-refractivity contribution in [2.24, 2.45) is 5.41 Å². The molecule has 1 aromatic rings. The lowest BCUT2D eigenvalue weighted by atomic mass is 9.88. The second kappa shape index (κ2) is 6.25. The van der Waals surface area contributed by atoms with Gasteiger partial charge in [0.1, 0.15) is 0 Å². The summed E-state index contributed by atoms with van der Waals surface area (Å²) < 4.78 is 10.4. The minimum atomic E-state index is -0.660. The van der Waals surface area contributed by atoms with E-state index in [0.29, 0.717) is 0 Å². The van der Waals surface area contributed by atoms with E-state index in [1.807, 2.05) is 52.0 Å². The molecule has 18 heavy (non-hydrogen) atoms. The third-order valence-corrected chi connectivity index (χ3v) is 3.89. The van der Waals surface area contributed by atoms with Crippen molar-refractivity contribution in [3.63, 3.8) is 0 Å². The highest BCUT2D eigenvalue weighted by molar-refractivity contribution is 7.94. The highest BCUT2D eigenvalue weighted by Gasteiger charge is 2.36. The average molecular weight is 268 g/mol. The molecule has 3 nitrogen and oxygen atoms in total. The maximum Gasteiger partial charge on any atom is 0.313 e. The zero-order valence-corrected chi connectivity index (χ0v) is 12.3. The normalized spacial score (nSPS) is 13.2. The smallest absolute Gasteiger partial charge is 0.313 e. The summed E-state index contributed by atoms with van der Waals surface area (Å²) in [5.41, 5.74) is 0.550. The Balaban J connectivity index is 2.58. The van der Waals surface area contributed by atoms with Crippen LogP contribution in [-0.4, -0.2) is 19.2 Å². The van der Waals surface area contributed by atoms with Crippen LogP contribution in [0.2, 0.25) is 0 Å². The van der Waals surface area contributed by atoms with Crippen molar-refractivity contribution >= 4 is 18.0 Å². The first-order chi connectivity index (χ1) is 8.37. The van der Waals surface area contributed by atoms with Crippen LogP contribution in [0.1, 0.15) is 26.3 Å². The maximum atomic E-state index is 11.6. The van der Waals surface area contributed by atoms with Gasteiger partial charge >= 0.3 is 5.97 Å². The average Bonchev–Trinajstić information content (AvgIpc) is 2.36. The first kappa shape index (κ1) is 15.1. The number of rotatable bonds is 5. The summed E-state index contributed by atoms with van der Waals surface area (Å²) in [6, 6.07) is 8.05. The molecule has 0 N–H and O–H groups in total. The molecule has 0 radical (unpaired) electrons. The van der Waals surface area contributed by atoms with E-state index in [0.717, 1.165) is 4.90 Å².